The van der Waals surface area contributed by atoms with Crippen LogP contribution in [-0.2, 0) is 19.4 Å². The van der Waals surface area contributed by atoms with Crippen LogP contribution < -0.4 is 0 Å². The first-order valence-corrected chi connectivity index (χ1v) is 8.74. The third kappa shape index (κ3) is 3.58. The first-order chi connectivity index (χ1) is 9.97. The first kappa shape index (κ1) is 16.7. The zero-order valence-corrected chi connectivity index (χ0v) is 15.7. The average Bonchev–Trinajstić information content (AvgIpc) is 2.75. The highest BCUT2D eigenvalue weighted by Gasteiger charge is 2.19. The van der Waals surface area contributed by atoms with Crippen LogP contribution in [0.1, 0.15) is 42.5 Å². The molecule has 2 rings (SSSR count). The lowest BCUT2D eigenvalue weighted by atomic mass is 10.0. The van der Waals surface area contributed by atoms with Crippen LogP contribution in [-0.4, -0.2) is 14.9 Å². The van der Waals surface area contributed by atoms with Crippen molar-refractivity contribution in [1.29, 1.82) is 0 Å². The highest BCUT2D eigenvalue weighted by Crippen LogP contribution is 2.30. The van der Waals surface area contributed by atoms with Gasteiger partial charge in [0.25, 0.3) is 0 Å². The number of hydrogen-bond acceptors (Lipinski definition) is 2. The largest absolute Gasteiger partial charge is 0.388 e. The Balaban J connectivity index is 2.31. The molecule has 1 aromatic carbocycles. The Morgan fingerprint density at radius 3 is 2.57 bits per heavy atom. The molecule has 1 aromatic heterocycles. The summed E-state index contributed by atoms with van der Waals surface area (Å²) in [6.45, 7) is 6.99. The number of aliphatic hydroxyl groups is 1. The maximum absolute atomic E-state index is 10.6. The summed E-state index contributed by atoms with van der Waals surface area (Å²) in [5.74, 6) is 0. The minimum absolute atomic E-state index is 0.545. The highest BCUT2D eigenvalue weighted by atomic mass is 79.9. The van der Waals surface area contributed by atoms with Gasteiger partial charge in [0.2, 0.25) is 0 Å². The van der Waals surface area contributed by atoms with Gasteiger partial charge in [-0.1, -0.05) is 35.0 Å². The number of aromatic nitrogens is 2. The third-order valence-electron chi connectivity index (χ3n) is 3.60. The Kier molecular flexibility index (Phi) is 5.63. The van der Waals surface area contributed by atoms with Crippen molar-refractivity contribution in [2.45, 2.75) is 46.3 Å². The van der Waals surface area contributed by atoms with Crippen LogP contribution in [0.15, 0.2) is 27.1 Å². The number of aliphatic hydroxyl groups excluding tert-OH is 1. The van der Waals surface area contributed by atoms with Crippen molar-refractivity contribution >= 4 is 31.9 Å². The molecule has 1 atom stereocenters. The van der Waals surface area contributed by atoms with E-state index in [9.17, 15) is 5.11 Å². The van der Waals surface area contributed by atoms with Gasteiger partial charge in [-0.15, -0.1) is 0 Å². The summed E-state index contributed by atoms with van der Waals surface area (Å²) in [5, 5.41) is 15.2. The average molecular weight is 416 g/mol. The van der Waals surface area contributed by atoms with E-state index in [4.69, 9.17) is 0 Å². The lowest BCUT2D eigenvalue weighted by molar-refractivity contribution is 0.174. The Morgan fingerprint density at radius 1 is 1.29 bits per heavy atom. The van der Waals surface area contributed by atoms with Crippen molar-refractivity contribution in [3.05, 3.63) is 49.7 Å². The van der Waals surface area contributed by atoms with Crippen LogP contribution in [0.2, 0.25) is 0 Å². The van der Waals surface area contributed by atoms with Crippen LogP contribution in [0.3, 0.4) is 0 Å². The van der Waals surface area contributed by atoms with Gasteiger partial charge in [0.05, 0.1) is 22.0 Å². The molecule has 0 saturated carbocycles. The fourth-order valence-electron chi connectivity index (χ4n) is 2.41. The monoisotopic (exact) mass is 414 g/mol. The van der Waals surface area contributed by atoms with Crippen LogP contribution in [0.5, 0.6) is 0 Å². The van der Waals surface area contributed by atoms with E-state index in [2.05, 4.69) is 50.8 Å². The van der Waals surface area contributed by atoms with Gasteiger partial charge in [-0.05, 0) is 53.4 Å². The van der Waals surface area contributed by atoms with Gasteiger partial charge in [-0.3, -0.25) is 4.68 Å². The molecule has 1 heterocycles. The quantitative estimate of drug-likeness (QED) is 0.776. The van der Waals surface area contributed by atoms with E-state index in [0.717, 1.165) is 38.9 Å². The molecule has 0 aliphatic rings. The SMILES string of the molecule is CCc1nn(CC)c(CC(O)c2ccc(C)cc2Br)c1Br. The van der Waals surface area contributed by atoms with Crippen LogP contribution >= 0.6 is 31.9 Å². The van der Waals surface area contributed by atoms with Crippen molar-refractivity contribution < 1.29 is 5.11 Å². The van der Waals surface area contributed by atoms with Gasteiger partial charge >= 0.3 is 0 Å². The van der Waals surface area contributed by atoms with Crippen molar-refractivity contribution in [3.8, 4) is 0 Å². The number of aryl methyl sites for hydroxylation is 3. The second-order valence-corrected chi connectivity index (χ2v) is 6.77. The number of benzene rings is 1. The van der Waals surface area contributed by atoms with E-state index < -0.39 is 6.10 Å². The fourth-order valence-corrected chi connectivity index (χ4v) is 3.89. The molecule has 0 amide bonds. The summed E-state index contributed by atoms with van der Waals surface area (Å²) >= 11 is 7.17. The van der Waals surface area contributed by atoms with E-state index >= 15 is 0 Å². The van der Waals surface area contributed by atoms with Gasteiger partial charge in [0.1, 0.15) is 0 Å². The van der Waals surface area contributed by atoms with Crippen molar-refractivity contribution in [2.75, 3.05) is 0 Å². The molecule has 1 unspecified atom stereocenters. The summed E-state index contributed by atoms with van der Waals surface area (Å²) in [5.41, 5.74) is 4.18. The molecule has 0 aliphatic carbocycles. The highest BCUT2D eigenvalue weighted by molar-refractivity contribution is 9.10. The van der Waals surface area contributed by atoms with Gasteiger partial charge in [0, 0.05) is 17.4 Å². The third-order valence-corrected chi connectivity index (χ3v) is 5.20. The minimum atomic E-state index is -0.553. The molecular formula is C16H20Br2N2O. The molecule has 0 spiro atoms. The predicted octanol–water partition coefficient (Wildman–Crippen LogP) is 4.57. The molecule has 0 fully saturated rings. The Morgan fingerprint density at radius 2 is 2.00 bits per heavy atom. The van der Waals surface area contributed by atoms with E-state index in [1.807, 2.05) is 29.8 Å². The van der Waals surface area contributed by atoms with Crippen LogP contribution in [0.4, 0.5) is 0 Å². The molecule has 21 heavy (non-hydrogen) atoms. The molecule has 1 N–H and O–H groups in total. The molecule has 3 nitrogen and oxygen atoms in total. The van der Waals surface area contributed by atoms with E-state index in [1.54, 1.807) is 0 Å². The number of hydrogen-bond donors (Lipinski definition) is 1. The summed E-state index contributed by atoms with van der Waals surface area (Å²) in [6.07, 6.45) is 0.872. The lowest BCUT2D eigenvalue weighted by Crippen LogP contribution is -2.09. The predicted molar refractivity (Wildman–Crippen MR) is 92.5 cm³/mol. The van der Waals surface area contributed by atoms with E-state index in [-0.39, 0.29) is 0 Å². The van der Waals surface area contributed by atoms with Gasteiger partial charge < -0.3 is 5.11 Å². The van der Waals surface area contributed by atoms with Crippen molar-refractivity contribution in [1.82, 2.24) is 9.78 Å². The molecule has 0 radical (unpaired) electrons. The van der Waals surface area contributed by atoms with Crippen LogP contribution in [0, 0.1) is 6.92 Å². The first-order valence-electron chi connectivity index (χ1n) is 7.16. The molecular weight excluding hydrogens is 396 g/mol. The molecule has 2 aromatic rings. The number of halogens is 2. The summed E-state index contributed by atoms with van der Waals surface area (Å²) in [6, 6.07) is 6.03. The Labute approximate surface area is 142 Å². The smallest absolute Gasteiger partial charge is 0.0856 e. The number of rotatable bonds is 5. The zero-order chi connectivity index (χ0) is 15.6. The Bertz CT molecular complexity index is 637. The second-order valence-electron chi connectivity index (χ2n) is 5.12. The molecule has 0 aliphatic heterocycles. The topological polar surface area (TPSA) is 38.0 Å². The molecule has 5 heteroatoms. The Hall–Kier alpha value is -0.650. The summed E-state index contributed by atoms with van der Waals surface area (Å²) in [4.78, 5) is 0. The van der Waals surface area contributed by atoms with Crippen molar-refractivity contribution in [3.63, 3.8) is 0 Å². The summed E-state index contributed by atoms with van der Waals surface area (Å²) < 4.78 is 3.94. The standard InChI is InChI=1S/C16H20Br2N2O/c1-4-13-16(18)14(20(5-2)19-13)9-15(21)11-7-6-10(3)8-12(11)17/h6-8,15,21H,4-5,9H2,1-3H3. The van der Waals surface area contributed by atoms with E-state index in [1.165, 1.54) is 5.56 Å². The van der Waals surface area contributed by atoms with Crippen molar-refractivity contribution in [2.24, 2.45) is 0 Å². The van der Waals surface area contributed by atoms with E-state index in [0.29, 0.717) is 6.42 Å². The van der Waals surface area contributed by atoms with Gasteiger partial charge in [-0.25, -0.2) is 0 Å². The van der Waals surface area contributed by atoms with Gasteiger partial charge in [-0.2, -0.15) is 5.10 Å². The van der Waals surface area contributed by atoms with Gasteiger partial charge in [0.15, 0.2) is 0 Å². The molecule has 0 saturated heterocycles. The lowest BCUT2D eigenvalue weighted by Gasteiger charge is -2.14. The number of nitrogens with zero attached hydrogens (tertiary/aromatic N) is 2. The summed E-state index contributed by atoms with van der Waals surface area (Å²) in [7, 11) is 0. The minimum Gasteiger partial charge on any atom is -0.388 e. The normalized spacial score (nSPS) is 12.7. The maximum atomic E-state index is 10.6. The van der Waals surface area contributed by atoms with Crippen LogP contribution in [0.25, 0.3) is 0 Å². The zero-order valence-electron chi connectivity index (χ0n) is 12.5. The maximum Gasteiger partial charge on any atom is 0.0856 e. The fraction of sp³-hybridized carbons (Fsp3) is 0.438. The second kappa shape index (κ2) is 7.07. The molecule has 114 valence electrons. The molecule has 0 bridgehead atoms.